The van der Waals surface area contributed by atoms with Crippen LogP contribution >= 0.6 is 0 Å². The standard InChI is InChI=1S/C35H36N8O2/c44-34(38-26-18-14-24(15-19-26)32-40-28-10-4-5-11-29(28)41-32)36-22-8-2-1-3-9-23-37-35(45)39-27-20-16-25(17-21-27)33-42-30-12-6-7-13-31(30)43-33/h4-7,10-21H,1-3,8-9,22-23H2,(H,40,41)(H,42,43)(H2,36,38,44)(H2,37,39,45). The molecule has 2 aromatic heterocycles. The summed E-state index contributed by atoms with van der Waals surface area (Å²) in [6.07, 6.45) is 4.86. The number of imidazole rings is 2. The third-order valence-corrected chi connectivity index (χ3v) is 7.54. The third-order valence-electron chi connectivity index (χ3n) is 7.54. The van der Waals surface area contributed by atoms with Gasteiger partial charge in [0.25, 0.3) is 0 Å². The number of hydrogen-bond acceptors (Lipinski definition) is 4. The fraction of sp³-hybridized carbons (Fsp3) is 0.200. The van der Waals surface area contributed by atoms with Gasteiger partial charge in [-0.1, -0.05) is 43.5 Å². The van der Waals surface area contributed by atoms with Crippen molar-refractivity contribution in [2.24, 2.45) is 0 Å². The second kappa shape index (κ2) is 14.2. The highest BCUT2D eigenvalue weighted by Crippen LogP contribution is 2.23. The number of unbranched alkanes of at least 4 members (excludes halogenated alkanes) is 4. The number of fused-ring (bicyclic) bond motifs is 2. The van der Waals surface area contributed by atoms with Crippen LogP contribution in [0.5, 0.6) is 0 Å². The summed E-state index contributed by atoms with van der Waals surface area (Å²) in [7, 11) is 0. The maximum Gasteiger partial charge on any atom is 0.319 e. The van der Waals surface area contributed by atoms with E-state index in [4.69, 9.17) is 0 Å². The Labute approximate surface area is 261 Å². The average molecular weight is 601 g/mol. The molecule has 0 bridgehead atoms. The van der Waals surface area contributed by atoms with Crippen molar-refractivity contribution in [3.05, 3.63) is 97.1 Å². The number of rotatable bonds is 12. The number of aromatic nitrogens is 4. The van der Waals surface area contributed by atoms with E-state index in [2.05, 4.69) is 41.2 Å². The lowest BCUT2D eigenvalue weighted by atomic mass is 10.1. The zero-order chi connectivity index (χ0) is 30.8. The summed E-state index contributed by atoms with van der Waals surface area (Å²) in [6, 6.07) is 30.6. The molecular formula is C35H36N8O2. The number of carbonyl (C=O) groups excluding carboxylic acids is 2. The van der Waals surface area contributed by atoms with Gasteiger partial charge in [0.1, 0.15) is 11.6 Å². The van der Waals surface area contributed by atoms with Crippen molar-refractivity contribution in [1.29, 1.82) is 0 Å². The van der Waals surface area contributed by atoms with Crippen molar-refractivity contribution in [3.63, 3.8) is 0 Å². The minimum absolute atomic E-state index is 0.217. The van der Waals surface area contributed by atoms with Gasteiger partial charge in [0.05, 0.1) is 22.1 Å². The number of H-pyrrole nitrogens is 2. The van der Waals surface area contributed by atoms with Crippen LogP contribution < -0.4 is 21.3 Å². The molecule has 0 spiro atoms. The van der Waals surface area contributed by atoms with Crippen LogP contribution in [0.25, 0.3) is 44.8 Å². The van der Waals surface area contributed by atoms with Gasteiger partial charge in [-0.3, -0.25) is 0 Å². The Morgan fingerprint density at radius 2 is 0.911 bits per heavy atom. The number of benzene rings is 4. The van der Waals surface area contributed by atoms with E-state index in [0.717, 1.165) is 88.3 Å². The summed E-state index contributed by atoms with van der Waals surface area (Å²) < 4.78 is 0. The molecular weight excluding hydrogens is 564 g/mol. The molecule has 0 saturated carbocycles. The maximum atomic E-state index is 12.3. The molecule has 0 fully saturated rings. The number of hydrogen-bond donors (Lipinski definition) is 6. The van der Waals surface area contributed by atoms with E-state index in [1.807, 2.05) is 97.1 Å². The lowest BCUT2D eigenvalue weighted by molar-refractivity contribution is 0.251. The van der Waals surface area contributed by atoms with Gasteiger partial charge in [0.2, 0.25) is 0 Å². The predicted octanol–water partition coefficient (Wildman–Crippen LogP) is 7.67. The molecule has 2 heterocycles. The molecule has 4 aromatic carbocycles. The van der Waals surface area contributed by atoms with Gasteiger partial charge in [-0.2, -0.15) is 0 Å². The first-order chi connectivity index (χ1) is 22.1. The van der Waals surface area contributed by atoms with Gasteiger partial charge >= 0.3 is 12.1 Å². The second-order valence-electron chi connectivity index (χ2n) is 10.9. The number of urea groups is 2. The van der Waals surface area contributed by atoms with Crippen molar-refractivity contribution < 1.29 is 9.59 Å². The fourth-order valence-corrected chi connectivity index (χ4v) is 5.14. The summed E-state index contributed by atoms with van der Waals surface area (Å²) >= 11 is 0. The topological polar surface area (TPSA) is 140 Å². The highest BCUT2D eigenvalue weighted by molar-refractivity contribution is 5.90. The summed E-state index contributed by atoms with van der Waals surface area (Å²) in [4.78, 5) is 40.4. The van der Waals surface area contributed by atoms with Gasteiger partial charge in [0.15, 0.2) is 0 Å². The van der Waals surface area contributed by atoms with Crippen LogP contribution in [-0.4, -0.2) is 45.1 Å². The van der Waals surface area contributed by atoms with Crippen molar-refractivity contribution in [2.75, 3.05) is 23.7 Å². The number of nitrogens with zero attached hydrogens (tertiary/aromatic N) is 2. The first kappa shape index (κ1) is 29.4. The smallest absolute Gasteiger partial charge is 0.319 e. The molecule has 0 aliphatic carbocycles. The van der Waals surface area contributed by atoms with Crippen molar-refractivity contribution in [1.82, 2.24) is 30.6 Å². The minimum atomic E-state index is -0.217. The van der Waals surface area contributed by atoms with E-state index in [1.54, 1.807) is 0 Å². The monoisotopic (exact) mass is 600 g/mol. The second-order valence-corrected chi connectivity index (χ2v) is 10.9. The molecule has 6 rings (SSSR count). The molecule has 0 saturated heterocycles. The Hall–Kier alpha value is -5.64. The summed E-state index contributed by atoms with van der Waals surface area (Å²) in [5, 5.41) is 11.6. The lowest BCUT2D eigenvalue weighted by Crippen LogP contribution is -2.29. The summed E-state index contributed by atoms with van der Waals surface area (Å²) in [5.74, 6) is 1.60. The molecule has 6 N–H and O–H groups in total. The van der Waals surface area contributed by atoms with E-state index < -0.39 is 0 Å². The molecule has 10 heteroatoms. The molecule has 0 aliphatic heterocycles. The van der Waals surface area contributed by atoms with Crippen LogP contribution in [0.3, 0.4) is 0 Å². The molecule has 0 radical (unpaired) electrons. The summed E-state index contributed by atoms with van der Waals surface area (Å²) in [5.41, 5.74) is 7.20. The highest BCUT2D eigenvalue weighted by Gasteiger charge is 2.08. The Kier molecular flexibility index (Phi) is 9.30. The Balaban J connectivity index is 0.807. The molecule has 4 amide bonds. The van der Waals surface area contributed by atoms with Gasteiger partial charge in [-0.05, 0) is 85.6 Å². The zero-order valence-corrected chi connectivity index (χ0v) is 24.9. The number of carbonyl (C=O) groups is 2. The van der Waals surface area contributed by atoms with Crippen molar-refractivity contribution >= 4 is 45.5 Å². The number of aromatic amines is 2. The number of nitrogens with one attached hydrogen (secondary N) is 6. The Morgan fingerprint density at radius 1 is 0.511 bits per heavy atom. The molecule has 0 atom stereocenters. The van der Waals surface area contributed by atoms with Crippen LogP contribution in [0.15, 0.2) is 97.1 Å². The minimum Gasteiger partial charge on any atom is -0.338 e. The van der Waals surface area contributed by atoms with Crippen LogP contribution in [-0.2, 0) is 0 Å². The van der Waals surface area contributed by atoms with Crippen LogP contribution in [0.1, 0.15) is 32.1 Å². The predicted molar refractivity (Wildman–Crippen MR) is 180 cm³/mol. The van der Waals surface area contributed by atoms with Gasteiger partial charge in [-0.25, -0.2) is 19.6 Å². The normalized spacial score (nSPS) is 11.0. The van der Waals surface area contributed by atoms with Crippen LogP contribution in [0, 0.1) is 0 Å². The number of amides is 4. The summed E-state index contributed by atoms with van der Waals surface area (Å²) in [6.45, 7) is 1.22. The van der Waals surface area contributed by atoms with Crippen LogP contribution in [0.2, 0.25) is 0 Å². The largest absolute Gasteiger partial charge is 0.338 e. The molecule has 228 valence electrons. The molecule has 6 aromatic rings. The first-order valence-corrected chi connectivity index (χ1v) is 15.3. The zero-order valence-electron chi connectivity index (χ0n) is 24.9. The Bertz CT molecular complexity index is 1670. The van der Waals surface area contributed by atoms with E-state index in [1.165, 1.54) is 0 Å². The fourth-order valence-electron chi connectivity index (χ4n) is 5.14. The van der Waals surface area contributed by atoms with Crippen molar-refractivity contribution in [2.45, 2.75) is 32.1 Å². The average Bonchev–Trinajstić information content (AvgIpc) is 3.70. The van der Waals surface area contributed by atoms with Crippen LogP contribution in [0.4, 0.5) is 21.0 Å². The van der Waals surface area contributed by atoms with E-state index in [9.17, 15) is 9.59 Å². The number of para-hydroxylation sites is 4. The quantitative estimate of drug-likeness (QED) is 0.0802. The first-order valence-electron chi connectivity index (χ1n) is 15.3. The van der Waals surface area contributed by atoms with E-state index in [0.29, 0.717) is 13.1 Å². The SMILES string of the molecule is O=C(NCCCCCCCNC(=O)Nc1ccc(-c2nc3ccccc3[nH]2)cc1)Nc1ccc(-c2nc3ccccc3[nH]2)cc1. The highest BCUT2D eigenvalue weighted by atomic mass is 16.2. The van der Waals surface area contributed by atoms with E-state index >= 15 is 0 Å². The molecule has 0 aliphatic rings. The third kappa shape index (κ3) is 7.85. The van der Waals surface area contributed by atoms with Gasteiger partial charge in [-0.15, -0.1) is 0 Å². The van der Waals surface area contributed by atoms with Gasteiger partial charge < -0.3 is 31.2 Å². The maximum absolute atomic E-state index is 12.3. The molecule has 0 unspecified atom stereocenters. The van der Waals surface area contributed by atoms with Gasteiger partial charge in [0, 0.05) is 35.6 Å². The Morgan fingerprint density at radius 3 is 1.33 bits per heavy atom. The molecule has 10 nitrogen and oxygen atoms in total. The molecule has 45 heavy (non-hydrogen) atoms. The van der Waals surface area contributed by atoms with E-state index in [-0.39, 0.29) is 12.1 Å². The van der Waals surface area contributed by atoms with Crippen molar-refractivity contribution in [3.8, 4) is 22.8 Å². The number of anilines is 2. The lowest BCUT2D eigenvalue weighted by Gasteiger charge is -2.09.